The van der Waals surface area contributed by atoms with Crippen molar-refractivity contribution in [2.45, 2.75) is 32.7 Å². The lowest BCUT2D eigenvalue weighted by molar-refractivity contribution is -0.111. The lowest BCUT2D eigenvalue weighted by Gasteiger charge is -2.16. The zero-order valence-electron chi connectivity index (χ0n) is 17.2. The number of carbonyl (C=O) groups excluding carboxylic acids is 1. The van der Waals surface area contributed by atoms with Crippen molar-refractivity contribution in [2.24, 2.45) is 0 Å². The summed E-state index contributed by atoms with van der Waals surface area (Å²) in [4.78, 5) is 17.6. The molecule has 3 aromatic rings. The lowest BCUT2D eigenvalue weighted by Crippen LogP contribution is -2.27. The number of carbonyl (C=O) groups is 1. The summed E-state index contributed by atoms with van der Waals surface area (Å²) in [6, 6.07) is 13.4. The second-order valence-electron chi connectivity index (χ2n) is 7.60. The average Bonchev–Trinajstić information content (AvgIpc) is 3.09. The molecule has 0 bridgehead atoms. The number of pyridine rings is 1. The molecule has 30 heavy (non-hydrogen) atoms. The third-order valence-corrected chi connectivity index (χ3v) is 5.00. The van der Waals surface area contributed by atoms with Crippen LogP contribution in [0.1, 0.15) is 31.7 Å². The molecule has 3 N–H and O–H groups in total. The number of amides is 1. The first-order valence-electron chi connectivity index (χ1n) is 10.2. The molecular weight excluding hydrogens is 380 g/mol. The van der Waals surface area contributed by atoms with Gasteiger partial charge in [-0.3, -0.25) is 4.79 Å². The molecule has 0 aliphatic heterocycles. The predicted octanol–water partition coefficient (Wildman–Crippen LogP) is 3.57. The first kappa shape index (κ1) is 20.0. The molecule has 0 saturated heterocycles. The van der Waals surface area contributed by atoms with Crippen molar-refractivity contribution in [3.8, 4) is 5.75 Å². The molecule has 7 heteroatoms. The second kappa shape index (κ2) is 8.59. The molecule has 0 unspecified atom stereocenters. The van der Waals surface area contributed by atoms with Crippen molar-refractivity contribution in [1.29, 1.82) is 0 Å². The van der Waals surface area contributed by atoms with Crippen LogP contribution in [0.3, 0.4) is 0 Å². The summed E-state index contributed by atoms with van der Waals surface area (Å²) in [5.74, 6) is 0.361. The van der Waals surface area contributed by atoms with E-state index in [1.165, 1.54) is 0 Å². The van der Waals surface area contributed by atoms with Gasteiger partial charge in [-0.05, 0) is 30.7 Å². The Morgan fingerprint density at radius 2 is 2.10 bits per heavy atom. The quantitative estimate of drug-likeness (QED) is 0.522. The molecular formula is C23H26N4O3. The van der Waals surface area contributed by atoms with Crippen LogP contribution in [0.5, 0.6) is 5.75 Å². The van der Waals surface area contributed by atoms with E-state index in [0.717, 1.165) is 17.9 Å². The van der Waals surface area contributed by atoms with Gasteiger partial charge in [-0.1, -0.05) is 26.0 Å². The predicted molar refractivity (Wildman–Crippen MR) is 117 cm³/mol. The maximum absolute atomic E-state index is 13.0. The van der Waals surface area contributed by atoms with Gasteiger partial charge in [0.25, 0.3) is 5.91 Å². The molecule has 0 fully saturated rings. The van der Waals surface area contributed by atoms with E-state index < -0.39 is 0 Å². The first-order valence-corrected chi connectivity index (χ1v) is 10.2. The van der Waals surface area contributed by atoms with Gasteiger partial charge in [0.15, 0.2) is 0 Å². The lowest BCUT2D eigenvalue weighted by atomic mass is 9.97. The van der Waals surface area contributed by atoms with E-state index in [-0.39, 0.29) is 17.2 Å². The first-order chi connectivity index (χ1) is 14.5. The van der Waals surface area contributed by atoms with Gasteiger partial charge in [-0.25, -0.2) is 4.98 Å². The highest BCUT2D eigenvalue weighted by Crippen LogP contribution is 2.31. The van der Waals surface area contributed by atoms with Crippen LogP contribution >= 0.6 is 0 Å². The summed E-state index contributed by atoms with van der Waals surface area (Å²) in [7, 11) is 0. The largest absolute Gasteiger partial charge is 0.511 e. The molecule has 156 valence electrons. The molecule has 0 atom stereocenters. The van der Waals surface area contributed by atoms with E-state index >= 15 is 0 Å². The summed E-state index contributed by atoms with van der Waals surface area (Å²) in [5.41, 5.74) is 3.06. The van der Waals surface area contributed by atoms with Crippen LogP contribution in [-0.2, 0) is 11.2 Å². The topological polar surface area (TPSA) is 87.9 Å². The van der Waals surface area contributed by atoms with Gasteiger partial charge >= 0.3 is 0 Å². The number of fused-ring (bicyclic) bond motifs is 3. The standard InChI is InChI=1S/C23H26N4O3/c1-15(2)24-11-13-30-17-7-5-6-16(14-17)25-23(29)21-19(28)10-9-18-22(21)26-20-8-3-4-12-27(18)20/h3-8,12,14-15,24,28H,9-11,13H2,1-2H3,(H,25,29). The molecule has 0 saturated carbocycles. The van der Waals surface area contributed by atoms with Gasteiger partial charge in [-0.15, -0.1) is 0 Å². The van der Waals surface area contributed by atoms with Crippen LogP contribution in [0.25, 0.3) is 11.2 Å². The molecule has 1 amide bonds. The van der Waals surface area contributed by atoms with Crippen LogP contribution < -0.4 is 15.4 Å². The van der Waals surface area contributed by atoms with E-state index in [0.29, 0.717) is 42.6 Å². The number of hydrogen-bond acceptors (Lipinski definition) is 5. The number of aryl methyl sites for hydroxylation is 1. The summed E-state index contributed by atoms with van der Waals surface area (Å²) in [5, 5.41) is 16.6. The molecule has 0 radical (unpaired) electrons. The Morgan fingerprint density at radius 1 is 1.23 bits per heavy atom. The average molecular weight is 406 g/mol. The molecule has 0 spiro atoms. The Kier molecular flexibility index (Phi) is 5.72. The van der Waals surface area contributed by atoms with E-state index in [2.05, 4.69) is 29.5 Å². The number of benzene rings is 1. The van der Waals surface area contributed by atoms with Crippen molar-refractivity contribution >= 4 is 22.8 Å². The minimum Gasteiger partial charge on any atom is -0.511 e. The Morgan fingerprint density at radius 3 is 2.93 bits per heavy atom. The number of hydrogen-bond donors (Lipinski definition) is 3. The zero-order chi connectivity index (χ0) is 21.1. The third-order valence-electron chi connectivity index (χ3n) is 5.00. The Balaban J connectivity index is 1.51. The van der Waals surface area contributed by atoms with E-state index in [4.69, 9.17) is 4.74 Å². The minimum atomic E-state index is -0.379. The smallest absolute Gasteiger partial charge is 0.261 e. The fraction of sp³-hybridized carbons (Fsp3) is 0.304. The van der Waals surface area contributed by atoms with Crippen molar-refractivity contribution in [1.82, 2.24) is 14.7 Å². The monoisotopic (exact) mass is 406 g/mol. The number of nitrogens with zero attached hydrogens (tertiary/aromatic N) is 2. The highest BCUT2D eigenvalue weighted by Gasteiger charge is 2.28. The number of aromatic nitrogens is 2. The molecule has 4 rings (SSSR count). The van der Waals surface area contributed by atoms with Crippen LogP contribution in [0.2, 0.25) is 0 Å². The van der Waals surface area contributed by atoms with Crippen LogP contribution in [0, 0.1) is 0 Å². The number of aliphatic hydroxyl groups excluding tert-OH is 1. The van der Waals surface area contributed by atoms with Gasteiger partial charge in [0.05, 0.1) is 5.69 Å². The molecule has 1 aromatic carbocycles. The number of rotatable bonds is 7. The van der Waals surface area contributed by atoms with E-state index in [1.807, 2.05) is 40.9 Å². The second-order valence-corrected chi connectivity index (χ2v) is 7.60. The SMILES string of the molecule is CC(C)NCCOc1cccc(NC(=O)C2=C(O)CCc3c2nc2ccccn32)c1. The van der Waals surface area contributed by atoms with Crippen molar-refractivity contribution in [3.63, 3.8) is 0 Å². The number of nitrogens with one attached hydrogen (secondary N) is 2. The normalized spacial score (nSPS) is 13.6. The van der Waals surface area contributed by atoms with Crippen molar-refractivity contribution in [2.75, 3.05) is 18.5 Å². The van der Waals surface area contributed by atoms with Crippen LogP contribution in [0.15, 0.2) is 54.4 Å². The molecule has 7 nitrogen and oxygen atoms in total. The molecule has 2 aromatic heterocycles. The third kappa shape index (κ3) is 4.16. The molecule has 1 aliphatic carbocycles. The van der Waals surface area contributed by atoms with E-state index in [9.17, 15) is 9.90 Å². The number of aliphatic hydroxyl groups is 1. The van der Waals surface area contributed by atoms with E-state index in [1.54, 1.807) is 12.1 Å². The van der Waals surface area contributed by atoms with Crippen LogP contribution in [0.4, 0.5) is 5.69 Å². The Labute approximate surface area is 175 Å². The fourth-order valence-electron chi connectivity index (χ4n) is 3.60. The minimum absolute atomic E-state index is 0.0653. The maximum atomic E-state index is 13.0. The summed E-state index contributed by atoms with van der Waals surface area (Å²) >= 11 is 0. The Hall–Kier alpha value is -3.32. The number of anilines is 1. The van der Waals surface area contributed by atoms with Crippen LogP contribution in [-0.4, -0.2) is 39.6 Å². The van der Waals surface area contributed by atoms with Gasteiger partial charge in [0.1, 0.15) is 35.0 Å². The fourth-order valence-corrected chi connectivity index (χ4v) is 3.60. The molecule has 1 aliphatic rings. The van der Waals surface area contributed by atoms with Gasteiger partial charge in [0, 0.05) is 37.0 Å². The Bertz CT molecular complexity index is 1100. The van der Waals surface area contributed by atoms with Crippen molar-refractivity contribution in [3.05, 3.63) is 65.8 Å². The summed E-state index contributed by atoms with van der Waals surface area (Å²) in [6.45, 7) is 5.44. The van der Waals surface area contributed by atoms with Crippen molar-refractivity contribution < 1.29 is 14.6 Å². The number of ether oxygens (including phenoxy) is 1. The highest BCUT2D eigenvalue weighted by atomic mass is 16.5. The maximum Gasteiger partial charge on any atom is 0.261 e. The zero-order valence-corrected chi connectivity index (χ0v) is 17.2. The van der Waals surface area contributed by atoms with Gasteiger partial charge < -0.3 is 24.9 Å². The molecule has 2 heterocycles. The summed E-state index contributed by atoms with van der Waals surface area (Å²) < 4.78 is 7.72. The number of imidazole rings is 1. The summed E-state index contributed by atoms with van der Waals surface area (Å²) in [6.07, 6.45) is 2.97. The highest BCUT2D eigenvalue weighted by molar-refractivity contribution is 6.26. The van der Waals surface area contributed by atoms with Gasteiger partial charge in [-0.2, -0.15) is 0 Å². The van der Waals surface area contributed by atoms with Gasteiger partial charge in [0.2, 0.25) is 0 Å². The number of allylic oxidation sites excluding steroid dienone is 1.